The summed E-state index contributed by atoms with van der Waals surface area (Å²) in [6, 6.07) is 7.89. The molecule has 0 unspecified atom stereocenters. The van der Waals surface area contributed by atoms with Crippen LogP contribution in [-0.4, -0.2) is 57.4 Å². The highest BCUT2D eigenvalue weighted by Gasteiger charge is 2.15. The number of pyridine rings is 1. The predicted molar refractivity (Wildman–Crippen MR) is 134 cm³/mol. The number of benzene rings is 1. The fourth-order valence-electron chi connectivity index (χ4n) is 4.14. The van der Waals surface area contributed by atoms with Crippen molar-refractivity contribution in [3.8, 4) is 0 Å². The van der Waals surface area contributed by atoms with Gasteiger partial charge in [0.25, 0.3) is 0 Å². The quantitative estimate of drug-likeness (QED) is 0.383. The maximum Gasteiger partial charge on any atom is 0.225 e. The summed E-state index contributed by atoms with van der Waals surface area (Å²) in [6.07, 6.45) is 1.77. The molecule has 188 valence electrons. The van der Waals surface area contributed by atoms with Gasteiger partial charge in [0.15, 0.2) is 5.82 Å². The van der Waals surface area contributed by atoms with Gasteiger partial charge in [0.05, 0.1) is 37.5 Å². The monoisotopic (exact) mass is 494 g/mol. The molecule has 1 aliphatic rings. The Kier molecular flexibility index (Phi) is 6.90. The number of fused-ring (bicyclic) bond motifs is 1. The third-order valence-electron chi connectivity index (χ3n) is 6.26. The summed E-state index contributed by atoms with van der Waals surface area (Å²) < 4.78 is 36.1. The van der Waals surface area contributed by atoms with E-state index in [1.165, 1.54) is 6.07 Å². The van der Waals surface area contributed by atoms with Crippen molar-refractivity contribution in [1.82, 2.24) is 24.5 Å². The van der Waals surface area contributed by atoms with Gasteiger partial charge in [-0.15, -0.1) is 0 Å². The molecule has 0 amide bonds. The number of hydrogen-bond donors (Lipinski definition) is 2. The van der Waals surface area contributed by atoms with Gasteiger partial charge in [-0.2, -0.15) is 4.98 Å². The van der Waals surface area contributed by atoms with Crippen molar-refractivity contribution in [3.63, 3.8) is 0 Å². The molecule has 36 heavy (non-hydrogen) atoms. The van der Waals surface area contributed by atoms with Crippen molar-refractivity contribution in [3.05, 3.63) is 65.4 Å². The summed E-state index contributed by atoms with van der Waals surface area (Å²) >= 11 is 0. The number of ether oxygens (including phenoxy) is 1. The Morgan fingerprint density at radius 3 is 2.64 bits per heavy atom. The Balaban J connectivity index is 1.35. The lowest BCUT2D eigenvalue weighted by atomic mass is 10.2. The summed E-state index contributed by atoms with van der Waals surface area (Å²) in [5, 5.41) is 6.63. The van der Waals surface area contributed by atoms with Gasteiger partial charge < -0.3 is 24.8 Å². The van der Waals surface area contributed by atoms with Crippen LogP contribution >= 0.6 is 0 Å². The minimum atomic E-state index is -0.744. The van der Waals surface area contributed by atoms with Crippen molar-refractivity contribution in [2.24, 2.45) is 0 Å². The second-order valence-electron chi connectivity index (χ2n) is 8.66. The van der Waals surface area contributed by atoms with Crippen molar-refractivity contribution < 1.29 is 13.5 Å². The van der Waals surface area contributed by atoms with E-state index < -0.39 is 11.6 Å². The van der Waals surface area contributed by atoms with Crippen LogP contribution in [0, 0.1) is 25.5 Å². The van der Waals surface area contributed by atoms with Crippen LogP contribution in [0.5, 0.6) is 0 Å². The van der Waals surface area contributed by atoms with Gasteiger partial charge in [-0.1, -0.05) is 6.07 Å². The molecule has 4 heterocycles. The molecule has 3 aromatic heterocycles. The first-order valence-corrected chi connectivity index (χ1v) is 11.9. The van der Waals surface area contributed by atoms with Crippen molar-refractivity contribution in [1.29, 1.82) is 0 Å². The molecule has 0 aliphatic carbocycles. The highest BCUT2D eigenvalue weighted by molar-refractivity contribution is 5.90. The standard InChI is InChI=1S/C25H28F2N8O/c1-16-17(2)35(15-30-16)7-6-28-24-20-12-18(26)13-21(27)23(20)32-25(33-24)29-14-19-4-3-5-22(31-19)34-8-10-36-11-9-34/h3-5,12-13,15H,6-11,14H2,1-2H3,(H2,28,29,32,33). The SMILES string of the molecule is Cc1ncn(CCNc2nc(NCc3cccc(N4CCOCC4)n3)nc3c(F)cc(F)cc23)c1C. The van der Waals surface area contributed by atoms with Crippen LogP contribution in [0.1, 0.15) is 17.1 Å². The van der Waals surface area contributed by atoms with Crippen LogP contribution in [0.4, 0.5) is 26.4 Å². The van der Waals surface area contributed by atoms with Crippen LogP contribution in [0.25, 0.3) is 10.9 Å². The molecule has 11 heteroatoms. The number of nitrogens with one attached hydrogen (secondary N) is 2. The molecule has 1 saturated heterocycles. The summed E-state index contributed by atoms with van der Waals surface area (Å²) in [5.41, 5.74) is 2.86. The normalized spacial score (nSPS) is 13.8. The maximum atomic E-state index is 14.6. The molecule has 0 atom stereocenters. The zero-order chi connectivity index (χ0) is 25.1. The number of anilines is 3. The van der Waals surface area contributed by atoms with Gasteiger partial charge >= 0.3 is 0 Å². The smallest absolute Gasteiger partial charge is 0.225 e. The molecule has 5 rings (SSSR count). The molecule has 4 aromatic rings. The molecular formula is C25H28F2N8O. The van der Waals surface area contributed by atoms with E-state index in [1.54, 1.807) is 6.33 Å². The van der Waals surface area contributed by atoms with Crippen LogP contribution < -0.4 is 15.5 Å². The molecule has 0 radical (unpaired) electrons. The molecule has 1 fully saturated rings. The Hall–Kier alpha value is -3.86. The van der Waals surface area contributed by atoms with E-state index in [-0.39, 0.29) is 16.9 Å². The van der Waals surface area contributed by atoms with E-state index in [9.17, 15) is 8.78 Å². The zero-order valence-corrected chi connectivity index (χ0v) is 20.3. The first-order valence-electron chi connectivity index (χ1n) is 11.9. The molecule has 0 spiro atoms. The number of halogens is 2. The second kappa shape index (κ2) is 10.4. The fourth-order valence-corrected chi connectivity index (χ4v) is 4.14. The van der Waals surface area contributed by atoms with Gasteiger partial charge in [-0.3, -0.25) is 0 Å². The van der Waals surface area contributed by atoms with Crippen LogP contribution in [-0.2, 0) is 17.8 Å². The van der Waals surface area contributed by atoms with E-state index in [2.05, 4.69) is 30.5 Å². The third-order valence-corrected chi connectivity index (χ3v) is 6.26. The van der Waals surface area contributed by atoms with E-state index in [4.69, 9.17) is 9.72 Å². The van der Waals surface area contributed by atoms with E-state index in [0.717, 1.165) is 42.1 Å². The van der Waals surface area contributed by atoms with E-state index >= 15 is 0 Å². The van der Waals surface area contributed by atoms with E-state index in [1.807, 2.05) is 36.6 Å². The van der Waals surface area contributed by atoms with Gasteiger partial charge in [-0.25, -0.2) is 23.7 Å². The average molecular weight is 495 g/mol. The summed E-state index contributed by atoms with van der Waals surface area (Å²) in [7, 11) is 0. The molecule has 0 bridgehead atoms. The Morgan fingerprint density at radius 1 is 1.03 bits per heavy atom. The van der Waals surface area contributed by atoms with Crippen molar-refractivity contribution >= 4 is 28.5 Å². The first kappa shape index (κ1) is 23.9. The number of hydrogen-bond acceptors (Lipinski definition) is 8. The molecule has 2 N–H and O–H groups in total. The lowest BCUT2D eigenvalue weighted by molar-refractivity contribution is 0.122. The lowest BCUT2D eigenvalue weighted by Gasteiger charge is -2.28. The van der Waals surface area contributed by atoms with Crippen molar-refractivity contribution in [2.45, 2.75) is 26.9 Å². The van der Waals surface area contributed by atoms with Gasteiger partial charge in [0.2, 0.25) is 5.95 Å². The maximum absolute atomic E-state index is 14.6. The zero-order valence-electron chi connectivity index (χ0n) is 20.3. The molecule has 1 aromatic carbocycles. The molecule has 0 saturated carbocycles. The molecule has 1 aliphatic heterocycles. The van der Waals surface area contributed by atoms with Crippen LogP contribution in [0.3, 0.4) is 0 Å². The highest BCUT2D eigenvalue weighted by Crippen LogP contribution is 2.26. The Morgan fingerprint density at radius 2 is 1.86 bits per heavy atom. The highest BCUT2D eigenvalue weighted by atomic mass is 19.1. The number of aromatic nitrogens is 5. The molecular weight excluding hydrogens is 466 g/mol. The number of rotatable bonds is 8. The number of morpholine rings is 1. The largest absolute Gasteiger partial charge is 0.378 e. The van der Waals surface area contributed by atoms with Gasteiger partial charge in [0.1, 0.15) is 23.0 Å². The van der Waals surface area contributed by atoms with Crippen molar-refractivity contribution in [2.75, 3.05) is 48.4 Å². The number of imidazole rings is 1. The first-order chi connectivity index (χ1) is 17.5. The Labute approximate surface area is 207 Å². The number of nitrogens with zero attached hydrogens (tertiary/aromatic N) is 6. The van der Waals surface area contributed by atoms with Crippen LogP contribution in [0.2, 0.25) is 0 Å². The van der Waals surface area contributed by atoms with Crippen LogP contribution in [0.15, 0.2) is 36.7 Å². The summed E-state index contributed by atoms with van der Waals surface area (Å²) in [5.74, 6) is 0.0321. The molecule has 9 nitrogen and oxygen atoms in total. The Bertz CT molecular complexity index is 1370. The minimum absolute atomic E-state index is 0.0427. The van der Waals surface area contributed by atoms with E-state index in [0.29, 0.717) is 38.7 Å². The van der Waals surface area contributed by atoms with Gasteiger partial charge in [0, 0.05) is 43.3 Å². The third kappa shape index (κ3) is 5.20. The topological polar surface area (TPSA) is 93.0 Å². The average Bonchev–Trinajstić information content (AvgIpc) is 3.21. The predicted octanol–water partition coefficient (Wildman–Crippen LogP) is 3.68. The fraction of sp³-hybridized carbons (Fsp3) is 0.360. The second-order valence-corrected chi connectivity index (χ2v) is 8.66. The summed E-state index contributed by atoms with van der Waals surface area (Å²) in [6.45, 7) is 8.35. The lowest BCUT2D eigenvalue weighted by Crippen LogP contribution is -2.36. The number of aryl methyl sites for hydroxylation is 1. The van der Waals surface area contributed by atoms with Gasteiger partial charge in [-0.05, 0) is 32.0 Å². The summed E-state index contributed by atoms with van der Waals surface area (Å²) in [4.78, 5) is 20.0. The minimum Gasteiger partial charge on any atom is -0.378 e.